The van der Waals surface area contributed by atoms with Gasteiger partial charge < -0.3 is 0 Å². The van der Waals surface area contributed by atoms with Crippen molar-refractivity contribution >= 4 is 0 Å². The molecule has 0 radical (unpaired) electrons. The zero-order valence-electron chi connectivity index (χ0n) is 7.76. The first kappa shape index (κ1) is 9.88. The van der Waals surface area contributed by atoms with E-state index < -0.39 is 0 Å². The van der Waals surface area contributed by atoms with Crippen LogP contribution in [0, 0.1) is 0 Å². The van der Waals surface area contributed by atoms with Gasteiger partial charge in [-0.2, -0.15) is 9.68 Å². The van der Waals surface area contributed by atoms with E-state index >= 15 is 0 Å². The Morgan fingerprint density at radius 1 is 1.00 bits per heavy atom. The van der Waals surface area contributed by atoms with Crippen LogP contribution in [-0.4, -0.2) is 31.6 Å². The molecule has 0 atom stereocenters. The molecule has 0 saturated carbocycles. The molecule has 3 heteroatoms. The summed E-state index contributed by atoms with van der Waals surface area (Å²) in [5.41, 5.74) is -0.0521. The van der Waals surface area contributed by atoms with Gasteiger partial charge in [-0.05, 0) is 25.6 Å². The number of hydrogen-bond acceptors (Lipinski definition) is 2. The third kappa shape index (κ3) is 1.68. The molecule has 0 spiro atoms. The first-order chi connectivity index (χ1) is 4.37. The molecule has 0 aromatic carbocycles. The summed E-state index contributed by atoms with van der Waals surface area (Å²) < 4.78 is 0. The van der Waals surface area contributed by atoms with E-state index in [1.165, 1.54) is 0 Å². The van der Waals surface area contributed by atoms with Crippen LogP contribution in [0.2, 0.25) is 0 Å². The number of nitrogens with zero attached hydrogens (tertiary/aromatic N) is 1. The Morgan fingerprint density at radius 3 is 1.30 bits per heavy atom. The standard InChI is InChI=1S/C7H18NO2/c1-7(2,3)8(4,9-5)10-6/h1-6H3/q+1. The molecule has 0 aliphatic heterocycles. The maximum Gasteiger partial charge on any atom is 0.153 e. The van der Waals surface area contributed by atoms with Crippen molar-refractivity contribution in [2.24, 2.45) is 0 Å². The summed E-state index contributed by atoms with van der Waals surface area (Å²) in [7, 11) is 5.14. The number of hydrogen-bond donors (Lipinski definition) is 0. The summed E-state index contributed by atoms with van der Waals surface area (Å²) >= 11 is 0. The molecule has 0 aliphatic rings. The molecule has 0 fully saturated rings. The predicted octanol–water partition coefficient (Wildman–Crippen LogP) is 1.35. The summed E-state index contributed by atoms with van der Waals surface area (Å²) in [6, 6.07) is 0. The van der Waals surface area contributed by atoms with Gasteiger partial charge in [-0.25, -0.2) is 0 Å². The zero-order valence-corrected chi connectivity index (χ0v) is 7.76. The largest absolute Gasteiger partial charge is 0.171 e. The van der Waals surface area contributed by atoms with Gasteiger partial charge in [0, 0.05) is 0 Å². The number of hydroxylamine groups is 4. The molecule has 0 rings (SSSR count). The summed E-state index contributed by atoms with van der Waals surface area (Å²) in [6.45, 7) is 6.17. The molecule has 62 valence electrons. The zero-order chi connectivity index (χ0) is 8.41. The fourth-order valence-corrected chi connectivity index (χ4v) is 0.622. The lowest BCUT2D eigenvalue weighted by atomic mass is 10.1. The molecule has 0 aliphatic carbocycles. The van der Waals surface area contributed by atoms with E-state index in [1.807, 2.05) is 7.05 Å². The van der Waals surface area contributed by atoms with Crippen molar-refractivity contribution in [2.75, 3.05) is 21.3 Å². The molecule has 0 unspecified atom stereocenters. The first-order valence-electron chi connectivity index (χ1n) is 3.35. The minimum absolute atomic E-state index is 0.0521. The van der Waals surface area contributed by atoms with E-state index in [4.69, 9.17) is 9.68 Å². The summed E-state index contributed by atoms with van der Waals surface area (Å²) in [4.78, 5) is 10.5. The monoisotopic (exact) mass is 148 g/mol. The minimum Gasteiger partial charge on any atom is -0.171 e. The molecule has 0 amide bonds. The van der Waals surface area contributed by atoms with Crippen LogP contribution in [-0.2, 0) is 9.68 Å². The van der Waals surface area contributed by atoms with E-state index in [2.05, 4.69) is 20.8 Å². The second-order valence-electron chi connectivity index (χ2n) is 3.38. The second kappa shape index (κ2) is 2.86. The molecular weight excluding hydrogens is 130 g/mol. The molecule has 0 N–H and O–H groups in total. The molecule has 3 nitrogen and oxygen atoms in total. The average Bonchev–Trinajstić information content (AvgIpc) is 1.84. The molecule has 0 heterocycles. The molecular formula is C7H18NO2+. The van der Waals surface area contributed by atoms with Crippen LogP contribution in [0.3, 0.4) is 0 Å². The fourth-order valence-electron chi connectivity index (χ4n) is 0.622. The highest BCUT2D eigenvalue weighted by Gasteiger charge is 2.39. The molecule has 0 aromatic rings. The van der Waals surface area contributed by atoms with Crippen molar-refractivity contribution in [3.63, 3.8) is 0 Å². The predicted molar refractivity (Wildman–Crippen MR) is 40.0 cm³/mol. The van der Waals surface area contributed by atoms with Crippen molar-refractivity contribution < 1.29 is 14.5 Å². The van der Waals surface area contributed by atoms with E-state index in [0.717, 1.165) is 0 Å². The third-order valence-electron chi connectivity index (χ3n) is 1.92. The smallest absolute Gasteiger partial charge is 0.153 e. The van der Waals surface area contributed by atoms with E-state index in [9.17, 15) is 0 Å². The Morgan fingerprint density at radius 2 is 1.30 bits per heavy atom. The Balaban J connectivity index is 4.33. The van der Waals surface area contributed by atoms with Gasteiger partial charge in [0.2, 0.25) is 0 Å². The summed E-state index contributed by atoms with van der Waals surface area (Å²) in [6.07, 6.45) is 0. The van der Waals surface area contributed by atoms with Crippen molar-refractivity contribution in [3.05, 3.63) is 0 Å². The van der Waals surface area contributed by atoms with Gasteiger partial charge >= 0.3 is 0 Å². The Bertz CT molecular complexity index is 103. The molecule has 0 aromatic heterocycles. The van der Waals surface area contributed by atoms with Crippen LogP contribution < -0.4 is 0 Å². The van der Waals surface area contributed by atoms with Gasteiger partial charge in [-0.3, -0.25) is 0 Å². The third-order valence-corrected chi connectivity index (χ3v) is 1.92. The van der Waals surface area contributed by atoms with Crippen LogP contribution in [0.4, 0.5) is 0 Å². The topological polar surface area (TPSA) is 18.5 Å². The fraction of sp³-hybridized carbons (Fsp3) is 1.00. The quantitative estimate of drug-likeness (QED) is 0.435. The lowest BCUT2D eigenvalue weighted by Gasteiger charge is -2.36. The lowest BCUT2D eigenvalue weighted by molar-refractivity contribution is -1.26. The Labute approximate surface area is 63.0 Å². The first-order valence-corrected chi connectivity index (χ1v) is 3.35. The highest BCUT2D eigenvalue weighted by Crippen LogP contribution is 2.21. The van der Waals surface area contributed by atoms with Crippen molar-refractivity contribution in [1.82, 2.24) is 0 Å². The molecule has 10 heavy (non-hydrogen) atoms. The lowest BCUT2D eigenvalue weighted by Crippen LogP contribution is -2.55. The maximum atomic E-state index is 5.17. The van der Waals surface area contributed by atoms with Crippen molar-refractivity contribution in [2.45, 2.75) is 26.3 Å². The highest BCUT2D eigenvalue weighted by atomic mass is 17.0. The highest BCUT2D eigenvalue weighted by molar-refractivity contribution is 4.54. The molecule has 0 bridgehead atoms. The Hall–Kier alpha value is -0.120. The van der Waals surface area contributed by atoms with Crippen LogP contribution in [0.15, 0.2) is 0 Å². The van der Waals surface area contributed by atoms with E-state index in [1.54, 1.807) is 14.2 Å². The van der Waals surface area contributed by atoms with Crippen LogP contribution in [0.25, 0.3) is 0 Å². The summed E-state index contributed by atoms with van der Waals surface area (Å²) in [5, 5.41) is 0. The second-order valence-corrected chi connectivity index (χ2v) is 3.38. The minimum atomic E-state index is -0.0521. The SMILES string of the molecule is CO[N+](C)(OC)C(C)(C)C. The molecule has 0 saturated heterocycles. The van der Waals surface area contributed by atoms with Gasteiger partial charge in [0.1, 0.15) is 7.05 Å². The Kier molecular flexibility index (Phi) is 2.83. The van der Waals surface area contributed by atoms with Gasteiger partial charge in [-0.1, -0.05) is 0 Å². The van der Waals surface area contributed by atoms with Crippen molar-refractivity contribution in [1.29, 1.82) is 0 Å². The van der Waals surface area contributed by atoms with Crippen LogP contribution >= 0.6 is 0 Å². The van der Waals surface area contributed by atoms with Gasteiger partial charge in [0.15, 0.2) is 5.54 Å². The van der Waals surface area contributed by atoms with Crippen LogP contribution in [0.1, 0.15) is 20.8 Å². The van der Waals surface area contributed by atoms with Crippen LogP contribution in [0.5, 0.6) is 0 Å². The summed E-state index contributed by atoms with van der Waals surface area (Å²) in [5.74, 6) is 0. The van der Waals surface area contributed by atoms with Crippen molar-refractivity contribution in [3.8, 4) is 0 Å². The van der Waals surface area contributed by atoms with E-state index in [0.29, 0.717) is 0 Å². The number of rotatable bonds is 2. The van der Waals surface area contributed by atoms with Gasteiger partial charge in [0.25, 0.3) is 0 Å². The van der Waals surface area contributed by atoms with Gasteiger partial charge in [-0.15, -0.1) is 0 Å². The van der Waals surface area contributed by atoms with E-state index in [-0.39, 0.29) is 10.3 Å². The maximum absolute atomic E-state index is 5.17. The van der Waals surface area contributed by atoms with Gasteiger partial charge in [0.05, 0.1) is 14.2 Å². The number of quaternary nitrogens is 1. The average molecular weight is 148 g/mol. The normalized spacial score (nSPS) is 13.8.